The monoisotopic (exact) mass is 386 g/mol. The van der Waals surface area contributed by atoms with Gasteiger partial charge >= 0.3 is 0 Å². The first kappa shape index (κ1) is 15.7. The number of benzene rings is 1. The molecule has 0 aliphatic heterocycles. The minimum absolute atomic E-state index is 0.165. The molecule has 1 aliphatic rings. The number of hydrogen-bond acceptors (Lipinski definition) is 6. The third-order valence-electron chi connectivity index (χ3n) is 5.10. The third kappa shape index (κ3) is 2.33. The highest BCUT2D eigenvalue weighted by molar-refractivity contribution is 7.18. The fraction of sp³-hybridized carbons (Fsp3) is 0.143. The molecule has 0 atom stereocenters. The fourth-order valence-corrected chi connectivity index (χ4v) is 4.42. The molecule has 0 amide bonds. The number of thiophene rings is 1. The van der Waals surface area contributed by atoms with Crippen LogP contribution in [0.4, 0.5) is 0 Å². The summed E-state index contributed by atoms with van der Waals surface area (Å²) in [5, 5.41) is 11.6. The lowest BCUT2D eigenvalue weighted by molar-refractivity contribution is 0.423. The van der Waals surface area contributed by atoms with Crippen molar-refractivity contribution in [1.29, 1.82) is 0 Å². The Bertz CT molecular complexity index is 1400. The van der Waals surface area contributed by atoms with E-state index in [-0.39, 0.29) is 5.56 Å². The molecular weight excluding hydrogens is 372 g/mol. The van der Waals surface area contributed by atoms with Gasteiger partial charge in [-0.2, -0.15) is 14.6 Å². The molecule has 0 N–H and O–H groups in total. The Morgan fingerprint density at radius 2 is 1.96 bits per heavy atom. The number of nitrogens with zero attached hydrogens (tertiary/aromatic N) is 4. The standard InChI is InChI=1S/C21H14N4O2S/c26-21-15(12-4-2-1-3-5-12)10-16(20-23-19(24-27-20)13-6-7-13)17-18-14(8-9-28-18)11-22-25(17)21/h1-5,8-11,13H,6-7H2. The molecule has 1 saturated carbocycles. The quantitative estimate of drug-likeness (QED) is 0.456. The van der Waals surface area contributed by atoms with Gasteiger partial charge in [-0.3, -0.25) is 4.79 Å². The van der Waals surface area contributed by atoms with E-state index in [1.165, 1.54) is 4.52 Å². The highest BCUT2D eigenvalue weighted by Crippen LogP contribution is 2.40. The van der Waals surface area contributed by atoms with Gasteiger partial charge < -0.3 is 4.52 Å². The van der Waals surface area contributed by atoms with Crippen molar-refractivity contribution in [3.05, 3.63) is 70.2 Å². The van der Waals surface area contributed by atoms with Gasteiger partial charge in [0, 0.05) is 16.9 Å². The van der Waals surface area contributed by atoms with Gasteiger partial charge in [-0.05, 0) is 35.9 Å². The molecule has 1 aromatic carbocycles. The molecule has 0 radical (unpaired) electrons. The van der Waals surface area contributed by atoms with E-state index in [1.807, 2.05) is 47.8 Å². The van der Waals surface area contributed by atoms with Crippen LogP contribution < -0.4 is 5.56 Å². The number of hydrogen-bond donors (Lipinski definition) is 0. The van der Waals surface area contributed by atoms with Crippen LogP contribution in [-0.2, 0) is 0 Å². The van der Waals surface area contributed by atoms with Crippen molar-refractivity contribution in [2.24, 2.45) is 0 Å². The van der Waals surface area contributed by atoms with Crippen LogP contribution in [0.2, 0.25) is 0 Å². The SMILES string of the molecule is O=c1c(-c2ccccc2)cc(-c2nc(C3CC3)no2)c2c3sccc3cnn12. The van der Waals surface area contributed by atoms with E-state index >= 15 is 0 Å². The molecule has 0 bridgehead atoms. The van der Waals surface area contributed by atoms with Crippen molar-refractivity contribution < 1.29 is 4.52 Å². The highest BCUT2D eigenvalue weighted by atomic mass is 32.1. The van der Waals surface area contributed by atoms with E-state index in [0.29, 0.717) is 22.9 Å². The lowest BCUT2D eigenvalue weighted by atomic mass is 10.0. The van der Waals surface area contributed by atoms with Crippen LogP contribution in [0.5, 0.6) is 0 Å². The minimum Gasteiger partial charge on any atom is -0.334 e. The third-order valence-corrected chi connectivity index (χ3v) is 6.04. The van der Waals surface area contributed by atoms with E-state index in [4.69, 9.17) is 4.52 Å². The van der Waals surface area contributed by atoms with Crippen LogP contribution in [0.1, 0.15) is 24.6 Å². The zero-order chi connectivity index (χ0) is 18.7. The molecule has 6 rings (SSSR count). The van der Waals surface area contributed by atoms with Crippen LogP contribution in [0.15, 0.2) is 63.4 Å². The lowest BCUT2D eigenvalue weighted by Crippen LogP contribution is -2.19. The first-order valence-corrected chi connectivity index (χ1v) is 9.99. The highest BCUT2D eigenvalue weighted by Gasteiger charge is 2.30. The second-order valence-corrected chi connectivity index (χ2v) is 7.90. The van der Waals surface area contributed by atoms with Crippen LogP contribution in [0.25, 0.3) is 38.2 Å². The van der Waals surface area contributed by atoms with Crippen molar-refractivity contribution in [3.63, 3.8) is 0 Å². The fourth-order valence-electron chi connectivity index (χ4n) is 3.51. The van der Waals surface area contributed by atoms with Crippen molar-refractivity contribution in [1.82, 2.24) is 19.8 Å². The van der Waals surface area contributed by atoms with E-state index in [1.54, 1.807) is 17.5 Å². The molecule has 0 saturated heterocycles. The van der Waals surface area contributed by atoms with Crippen molar-refractivity contribution >= 4 is 26.9 Å². The molecule has 4 heterocycles. The summed E-state index contributed by atoms with van der Waals surface area (Å²) in [6.45, 7) is 0. The summed E-state index contributed by atoms with van der Waals surface area (Å²) in [7, 11) is 0. The zero-order valence-corrected chi connectivity index (χ0v) is 15.5. The zero-order valence-electron chi connectivity index (χ0n) is 14.7. The first-order valence-electron chi connectivity index (χ1n) is 9.11. The van der Waals surface area contributed by atoms with Crippen molar-refractivity contribution in [2.75, 3.05) is 0 Å². The second-order valence-electron chi connectivity index (χ2n) is 6.98. The molecule has 5 aromatic rings. The summed E-state index contributed by atoms with van der Waals surface area (Å²) >= 11 is 1.57. The first-order chi connectivity index (χ1) is 13.8. The summed E-state index contributed by atoms with van der Waals surface area (Å²) in [5.74, 6) is 1.56. The smallest absolute Gasteiger partial charge is 0.279 e. The van der Waals surface area contributed by atoms with Crippen LogP contribution in [-0.4, -0.2) is 19.8 Å². The number of pyridine rings is 1. The summed E-state index contributed by atoms with van der Waals surface area (Å²) in [6.07, 6.45) is 3.92. The van der Waals surface area contributed by atoms with Gasteiger partial charge in [-0.1, -0.05) is 35.5 Å². The molecule has 0 unspecified atom stereocenters. The van der Waals surface area contributed by atoms with Crippen molar-refractivity contribution in [3.8, 4) is 22.6 Å². The Morgan fingerprint density at radius 1 is 1.11 bits per heavy atom. The number of aromatic nitrogens is 4. The molecule has 7 heteroatoms. The van der Waals surface area contributed by atoms with Crippen LogP contribution in [0.3, 0.4) is 0 Å². The maximum Gasteiger partial charge on any atom is 0.279 e. The Hall–Kier alpha value is -3.32. The van der Waals surface area contributed by atoms with E-state index in [0.717, 1.165) is 39.9 Å². The Kier molecular flexibility index (Phi) is 3.28. The summed E-state index contributed by atoms with van der Waals surface area (Å²) in [4.78, 5) is 17.9. The van der Waals surface area contributed by atoms with Gasteiger partial charge in [0.1, 0.15) is 0 Å². The summed E-state index contributed by atoms with van der Waals surface area (Å²) in [6, 6.07) is 13.4. The molecule has 4 aromatic heterocycles. The Balaban J connectivity index is 1.72. The minimum atomic E-state index is -0.165. The summed E-state index contributed by atoms with van der Waals surface area (Å²) < 4.78 is 8.05. The van der Waals surface area contributed by atoms with Gasteiger partial charge in [0.05, 0.1) is 22.0 Å². The van der Waals surface area contributed by atoms with Gasteiger partial charge in [0.25, 0.3) is 11.4 Å². The molecule has 28 heavy (non-hydrogen) atoms. The molecule has 136 valence electrons. The molecule has 6 nitrogen and oxygen atoms in total. The topological polar surface area (TPSA) is 73.3 Å². The maximum absolute atomic E-state index is 13.2. The number of rotatable bonds is 3. The Labute approximate surface area is 163 Å². The van der Waals surface area contributed by atoms with Gasteiger partial charge in [-0.25, -0.2) is 0 Å². The largest absolute Gasteiger partial charge is 0.334 e. The van der Waals surface area contributed by atoms with Crippen LogP contribution >= 0.6 is 11.3 Å². The molecule has 0 spiro atoms. The van der Waals surface area contributed by atoms with Crippen molar-refractivity contribution in [2.45, 2.75) is 18.8 Å². The van der Waals surface area contributed by atoms with E-state index in [9.17, 15) is 4.79 Å². The molecule has 1 aliphatic carbocycles. The van der Waals surface area contributed by atoms with Gasteiger partial charge in [0.15, 0.2) is 5.82 Å². The van der Waals surface area contributed by atoms with E-state index < -0.39 is 0 Å². The number of fused-ring (bicyclic) bond motifs is 3. The van der Waals surface area contributed by atoms with Gasteiger partial charge in [0.2, 0.25) is 0 Å². The predicted octanol–water partition coefficient (Wildman–Crippen LogP) is 4.50. The predicted molar refractivity (Wildman–Crippen MR) is 108 cm³/mol. The summed E-state index contributed by atoms with van der Waals surface area (Å²) in [5.41, 5.74) is 2.67. The maximum atomic E-state index is 13.2. The normalized spacial score (nSPS) is 14.1. The molecular formula is C21H14N4O2S. The Morgan fingerprint density at radius 3 is 2.79 bits per heavy atom. The molecule has 1 fully saturated rings. The van der Waals surface area contributed by atoms with Crippen LogP contribution in [0, 0.1) is 0 Å². The average molecular weight is 386 g/mol. The lowest BCUT2D eigenvalue weighted by Gasteiger charge is -2.09. The average Bonchev–Trinajstić information content (AvgIpc) is 3.26. The second kappa shape index (κ2) is 5.84. The van der Waals surface area contributed by atoms with Gasteiger partial charge in [-0.15, -0.1) is 11.3 Å². The van der Waals surface area contributed by atoms with E-state index in [2.05, 4.69) is 15.2 Å².